The van der Waals surface area contributed by atoms with Crippen molar-refractivity contribution in [1.29, 1.82) is 0 Å². The van der Waals surface area contributed by atoms with Gasteiger partial charge in [-0.2, -0.15) is 0 Å². The first kappa shape index (κ1) is 11.1. The summed E-state index contributed by atoms with van der Waals surface area (Å²) in [6.07, 6.45) is 0.481. The van der Waals surface area contributed by atoms with Gasteiger partial charge in [0.1, 0.15) is 5.65 Å². The van der Waals surface area contributed by atoms with Crippen molar-refractivity contribution in [2.45, 2.75) is 18.6 Å². The number of pyridine rings is 1. The van der Waals surface area contributed by atoms with Crippen molar-refractivity contribution in [3.8, 4) is 0 Å². The standard InChI is InChI=1S/C11H15N3O2/c12-6-8(15)5-10(16)9-4-7-2-1-3-13-11(7)14-9/h1-4,8,10,15-16H,5-6,12H2,(H,13,14). The van der Waals surface area contributed by atoms with Crippen LogP contribution < -0.4 is 5.73 Å². The van der Waals surface area contributed by atoms with Gasteiger partial charge in [0.2, 0.25) is 0 Å². The highest BCUT2D eigenvalue weighted by Gasteiger charge is 2.14. The van der Waals surface area contributed by atoms with Gasteiger partial charge in [0.15, 0.2) is 0 Å². The zero-order valence-corrected chi connectivity index (χ0v) is 8.80. The number of nitrogens with one attached hydrogen (secondary N) is 1. The van der Waals surface area contributed by atoms with Gasteiger partial charge in [0.05, 0.1) is 12.2 Å². The van der Waals surface area contributed by atoms with E-state index in [1.54, 1.807) is 6.20 Å². The smallest absolute Gasteiger partial charge is 0.137 e. The van der Waals surface area contributed by atoms with E-state index in [4.69, 9.17) is 5.73 Å². The Hall–Kier alpha value is -1.43. The van der Waals surface area contributed by atoms with E-state index in [-0.39, 0.29) is 13.0 Å². The van der Waals surface area contributed by atoms with Gasteiger partial charge in [-0.05, 0) is 18.2 Å². The fraction of sp³-hybridized carbons (Fsp3) is 0.364. The van der Waals surface area contributed by atoms with Crippen LogP contribution in [0.4, 0.5) is 0 Å². The number of rotatable bonds is 4. The molecular formula is C11H15N3O2. The Morgan fingerprint density at radius 3 is 2.94 bits per heavy atom. The monoisotopic (exact) mass is 221 g/mol. The van der Waals surface area contributed by atoms with Gasteiger partial charge in [-0.3, -0.25) is 0 Å². The minimum atomic E-state index is -0.743. The van der Waals surface area contributed by atoms with Crippen LogP contribution in [-0.4, -0.2) is 32.8 Å². The molecule has 2 rings (SSSR count). The molecule has 16 heavy (non-hydrogen) atoms. The summed E-state index contributed by atoms with van der Waals surface area (Å²) in [7, 11) is 0. The molecule has 0 saturated heterocycles. The van der Waals surface area contributed by atoms with Crippen LogP contribution in [0.1, 0.15) is 18.2 Å². The van der Waals surface area contributed by atoms with Gasteiger partial charge in [-0.15, -0.1) is 0 Å². The van der Waals surface area contributed by atoms with Crippen LogP contribution in [-0.2, 0) is 0 Å². The predicted octanol–water partition coefficient (Wildman–Crippen LogP) is 0.306. The van der Waals surface area contributed by atoms with Crippen LogP contribution in [0.2, 0.25) is 0 Å². The fourth-order valence-corrected chi connectivity index (χ4v) is 1.64. The number of aliphatic hydroxyl groups excluding tert-OH is 2. The van der Waals surface area contributed by atoms with Crippen LogP contribution in [0, 0.1) is 0 Å². The third kappa shape index (κ3) is 2.21. The largest absolute Gasteiger partial charge is 0.392 e. The molecule has 2 aromatic heterocycles. The molecular weight excluding hydrogens is 206 g/mol. The molecule has 0 aliphatic carbocycles. The highest BCUT2D eigenvalue weighted by molar-refractivity contribution is 5.76. The number of fused-ring (bicyclic) bond motifs is 1. The predicted molar refractivity (Wildman–Crippen MR) is 60.7 cm³/mol. The van der Waals surface area contributed by atoms with E-state index < -0.39 is 12.2 Å². The van der Waals surface area contributed by atoms with Crippen molar-refractivity contribution >= 4 is 11.0 Å². The van der Waals surface area contributed by atoms with E-state index in [2.05, 4.69) is 9.97 Å². The Labute approximate surface area is 92.9 Å². The lowest BCUT2D eigenvalue weighted by molar-refractivity contribution is 0.0831. The zero-order valence-electron chi connectivity index (χ0n) is 8.80. The molecule has 5 nitrogen and oxygen atoms in total. The first-order valence-electron chi connectivity index (χ1n) is 5.20. The topological polar surface area (TPSA) is 95.2 Å². The van der Waals surface area contributed by atoms with Gasteiger partial charge in [0.25, 0.3) is 0 Å². The number of hydrogen-bond acceptors (Lipinski definition) is 4. The lowest BCUT2D eigenvalue weighted by atomic mass is 10.1. The molecule has 86 valence electrons. The Balaban J connectivity index is 2.19. The van der Waals surface area contributed by atoms with Crippen LogP contribution >= 0.6 is 0 Å². The summed E-state index contributed by atoms with van der Waals surface area (Å²) >= 11 is 0. The van der Waals surface area contributed by atoms with Crippen molar-refractivity contribution in [2.24, 2.45) is 5.73 Å². The first-order valence-corrected chi connectivity index (χ1v) is 5.20. The van der Waals surface area contributed by atoms with Gasteiger partial charge in [-0.25, -0.2) is 4.98 Å². The average Bonchev–Trinajstić information content (AvgIpc) is 2.72. The van der Waals surface area contributed by atoms with E-state index in [0.717, 1.165) is 11.0 Å². The minimum Gasteiger partial charge on any atom is -0.392 e. The third-order valence-electron chi connectivity index (χ3n) is 2.54. The van der Waals surface area contributed by atoms with Crippen molar-refractivity contribution in [1.82, 2.24) is 9.97 Å². The van der Waals surface area contributed by atoms with Crippen LogP contribution in [0.5, 0.6) is 0 Å². The van der Waals surface area contributed by atoms with E-state index in [1.165, 1.54) is 0 Å². The van der Waals surface area contributed by atoms with E-state index in [0.29, 0.717) is 5.69 Å². The molecule has 0 aromatic carbocycles. The molecule has 0 fully saturated rings. The van der Waals surface area contributed by atoms with E-state index in [1.807, 2.05) is 18.2 Å². The van der Waals surface area contributed by atoms with Crippen LogP contribution in [0.15, 0.2) is 24.4 Å². The summed E-state index contributed by atoms with van der Waals surface area (Å²) < 4.78 is 0. The first-order chi connectivity index (χ1) is 7.70. The second-order valence-corrected chi connectivity index (χ2v) is 3.81. The number of aromatic nitrogens is 2. The SMILES string of the molecule is NCC(O)CC(O)c1cc2cccnc2[nH]1. The number of H-pyrrole nitrogens is 1. The van der Waals surface area contributed by atoms with E-state index in [9.17, 15) is 10.2 Å². The van der Waals surface area contributed by atoms with Gasteiger partial charge < -0.3 is 20.9 Å². The molecule has 2 atom stereocenters. The summed E-state index contributed by atoms with van der Waals surface area (Å²) in [5.74, 6) is 0. The van der Waals surface area contributed by atoms with Crippen molar-refractivity contribution < 1.29 is 10.2 Å². The summed E-state index contributed by atoms with van der Waals surface area (Å²) in [5.41, 5.74) is 6.68. The second-order valence-electron chi connectivity index (χ2n) is 3.81. The Bertz CT molecular complexity index is 436. The molecule has 0 spiro atoms. The van der Waals surface area contributed by atoms with Gasteiger partial charge in [0, 0.05) is 30.2 Å². The molecule has 0 saturated carbocycles. The van der Waals surface area contributed by atoms with Crippen LogP contribution in [0.25, 0.3) is 11.0 Å². The lowest BCUT2D eigenvalue weighted by Gasteiger charge is -2.12. The molecule has 0 radical (unpaired) electrons. The van der Waals surface area contributed by atoms with Crippen molar-refractivity contribution in [2.75, 3.05) is 6.54 Å². The Kier molecular flexibility index (Phi) is 3.19. The molecule has 0 amide bonds. The average molecular weight is 221 g/mol. The summed E-state index contributed by atoms with van der Waals surface area (Å²) in [6.45, 7) is 0.148. The maximum absolute atomic E-state index is 9.85. The molecule has 2 unspecified atom stereocenters. The quantitative estimate of drug-likeness (QED) is 0.597. The molecule has 2 aromatic rings. The van der Waals surface area contributed by atoms with Crippen LogP contribution in [0.3, 0.4) is 0 Å². The Morgan fingerprint density at radius 2 is 2.25 bits per heavy atom. The maximum Gasteiger partial charge on any atom is 0.137 e. The molecule has 2 heterocycles. The normalized spacial score (nSPS) is 15.2. The highest BCUT2D eigenvalue weighted by Crippen LogP contribution is 2.21. The van der Waals surface area contributed by atoms with Crippen molar-refractivity contribution in [3.05, 3.63) is 30.1 Å². The molecule has 0 aliphatic rings. The highest BCUT2D eigenvalue weighted by atomic mass is 16.3. The third-order valence-corrected chi connectivity index (χ3v) is 2.54. The Morgan fingerprint density at radius 1 is 1.44 bits per heavy atom. The van der Waals surface area contributed by atoms with E-state index >= 15 is 0 Å². The molecule has 0 aliphatic heterocycles. The maximum atomic E-state index is 9.85. The number of nitrogens with zero attached hydrogens (tertiary/aromatic N) is 1. The number of aromatic amines is 1. The van der Waals surface area contributed by atoms with Gasteiger partial charge in [-0.1, -0.05) is 0 Å². The minimum absolute atomic E-state index is 0.148. The summed E-state index contributed by atoms with van der Waals surface area (Å²) in [6, 6.07) is 5.58. The summed E-state index contributed by atoms with van der Waals surface area (Å²) in [4.78, 5) is 7.14. The fourth-order valence-electron chi connectivity index (χ4n) is 1.64. The second kappa shape index (κ2) is 4.61. The molecule has 5 N–H and O–H groups in total. The number of nitrogens with two attached hydrogens (primary N) is 1. The number of hydrogen-bond donors (Lipinski definition) is 4. The lowest BCUT2D eigenvalue weighted by Crippen LogP contribution is -2.22. The zero-order chi connectivity index (χ0) is 11.5. The molecule has 5 heteroatoms. The molecule has 0 bridgehead atoms. The summed E-state index contributed by atoms with van der Waals surface area (Å²) in [5, 5.41) is 20.1. The van der Waals surface area contributed by atoms with Crippen molar-refractivity contribution in [3.63, 3.8) is 0 Å². The van der Waals surface area contributed by atoms with Gasteiger partial charge >= 0.3 is 0 Å². The number of aliphatic hydroxyl groups is 2.